The van der Waals surface area contributed by atoms with Crippen molar-refractivity contribution in [2.75, 3.05) is 6.54 Å². The molecule has 1 unspecified atom stereocenters. The van der Waals surface area contributed by atoms with Gasteiger partial charge in [-0.05, 0) is 50.7 Å². The fourth-order valence-corrected chi connectivity index (χ4v) is 3.77. The highest BCUT2D eigenvalue weighted by Crippen LogP contribution is 2.24. The Kier molecular flexibility index (Phi) is 8.71. The van der Waals surface area contributed by atoms with Gasteiger partial charge in [-0.2, -0.15) is 0 Å². The topological polar surface area (TPSA) is 77.8 Å². The number of carbonyl (C=O) groups is 2. The third-order valence-corrected chi connectivity index (χ3v) is 5.42. The maximum atomic E-state index is 12.4. The molecule has 1 aliphatic rings. The van der Waals surface area contributed by atoms with Crippen LogP contribution in [0.1, 0.15) is 74.2 Å². The first kappa shape index (κ1) is 22.2. The molecule has 5 nitrogen and oxygen atoms in total. The smallest absolute Gasteiger partial charge is 0.303 e. The van der Waals surface area contributed by atoms with Crippen LogP contribution in [-0.2, 0) is 9.59 Å². The van der Waals surface area contributed by atoms with Gasteiger partial charge in [0.1, 0.15) is 0 Å². The number of aliphatic carboxylic acids is 1. The number of nitrogens with zero attached hydrogens (tertiary/aromatic N) is 1. The van der Waals surface area contributed by atoms with E-state index in [1.165, 1.54) is 0 Å². The fourth-order valence-electron chi connectivity index (χ4n) is 3.77. The number of aliphatic hydroxyl groups is 1. The number of hydrogen-bond donors (Lipinski definition) is 2. The van der Waals surface area contributed by atoms with Crippen molar-refractivity contribution in [3.63, 3.8) is 0 Å². The van der Waals surface area contributed by atoms with Crippen LogP contribution < -0.4 is 0 Å². The van der Waals surface area contributed by atoms with Crippen molar-refractivity contribution in [2.45, 2.75) is 77.4 Å². The van der Waals surface area contributed by atoms with Gasteiger partial charge in [0.25, 0.3) is 0 Å². The van der Waals surface area contributed by atoms with Crippen molar-refractivity contribution >= 4 is 11.9 Å². The van der Waals surface area contributed by atoms with E-state index < -0.39 is 12.1 Å². The lowest BCUT2D eigenvalue weighted by atomic mass is 9.97. The van der Waals surface area contributed by atoms with Gasteiger partial charge in [0.05, 0.1) is 12.1 Å². The van der Waals surface area contributed by atoms with Gasteiger partial charge in [0.2, 0.25) is 5.91 Å². The van der Waals surface area contributed by atoms with Crippen LogP contribution in [0.15, 0.2) is 30.4 Å². The van der Waals surface area contributed by atoms with Crippen LogP contribution in [0.4, 0.5) is 0 Å². The van der Waals surface area contributed by atoms with Gasteiger partial charge >= 0.3 is 5.97 Å². The van der Waals surface area contributed by atoms with E-state index in [4.69, 9.17) is 5.11 Å². The number of benzene rings is 1. The number of carbonyl (C=O) groups excluding carboxylic acids is 1. The first-order valence-electron chi connectivity index (χ1n) is 10.3. The summed E-state index contributed by atoms with van der Waals surface area (Å²) in [5, 5.41) is 19.3. The van der Waals surface area contributed by atoms with Crippen molar-refractivity contribution in [1.82, 2.24) is 4.90 Å². The largest absolute Gasteiger partial charge is 0.481 e. The molecule has 2 atom stereocenters. The Bertz CT molecular complexity index is 698. The molecule has 1 heterocycles. The van der Waals surface area contributed by atoms with E-state index in [0.29, 0.717) is 19.4 Å². The molecule has 2 rings (SSSR count). The van der Waals surface area contributed by atoms with Crippen LogP contribution in [0.2, 0.25) is 0 Å². The predicted molar refractivity (Wildman–Crippen MR) is 110 cm³/mol. The molecule has 1 aromatic carbocycles. The van der Waals surface area contributed by atoms with Gasteiger partial charge in [0.15, 0.2) is 0 Å². The molecule has 1 aliphatic heterocycles. The number of hydrogen-bond acceptors (Lipinski definition) is 3. The summed E-state index contributed by atoms with van der Waals surface area (Å²) in [6.45, 7) is 4.70. The molecule has 2 N–H and O–H groups in total. The van der Waals surface area contributed by atoms with Gasteiger partial charge in [-0.1, -0.05) is 48.8 Å². The molecule has 28 heavy (non-hydrogen) atoms. The molecule has 1 aromatic rings. The summed E-state index contributed by atoms with van der Waals surface area (Å²) in [6.07, 6.45) is 9.09. The standard InChI is InChI=1S/C23H33NO4/c1-17-11-12-18(2)20(16-17)21(25)14-13-19-8-7-9-22(26)24(19)15-6-4-3-5-10-23(27)28/h11-14,16,19,21,25H,3-10,15H2,1-2H3,(H,27,28)/b14-13+/t19-,21?/m1/s1. The monoisotopic (exact) mass is 387 g/mol. The van der Waals surface area contributed by atoms with Crippen LogP contribution in [0, 0.1) is 13.8 Å². The fraction of sp³-hybridized carbons (Fsp3) is 0.565. The Morgan fingerprint density at radius 2 is 2.00 bits per heavy atom. The van der Waals surface area contributed by atoms with E-state index in [0.717, 1.165) is 48.8 Å². The number of carboxylic acids is 1. The average molecular weight is 388 g/mol. The zero-order chi connectivity index (χ0) is 20.5. The van der Waals surface area contributed by atoms with Crippen LogP contribution in [-0.4, -0.2) is 39.6 Å². The molecule has 0 bridgehead atoms. The highest BCUT2D eigenvalue weighted by molar-refractivity contribution is 5.77. The van der Waals surface area contributed by atoms with Gasteiger partial charge < -0.3 is 15.1 Å². The van der Waals surface area contributed by atoms with Crippen LogP contribution in [0.3, 0.4) is 0 Å². The first-order valence-corrected chi connectivity index (χ1v) is 10.3. The minimum Gasteiger partial charge on any atom is -0.481 e. The number of unbranched alkanes of at least 4 members (excludes halogenated alkanes) is 3. The minimum atomic E-state index is -0.751. The number of carboxylic acid groups (broad SMARTS) is 1. The maximum Gasteiger partial charge on any atom is 0.303 e. The van der Waals surface area contributed by atoms with Crippen molar-refractivity contribution in [2.24, 2.45) is 0 Å². The summed E-state index contributed by atoms with van der Waals surface area (Å²) < 4.78 is 0. The summed E-state index contributed by atoms with van der Waals surface area (Å²) in [7, 11) is 0. The van der Waals surface area contributed by atoms with E-state index in [-0.39, 0.29) is 18.4 Å². The third-order valence-electron chi connectivity index (χ3n) is 5.42. The Labute approximate surface area is 168 Å². The van der Waals surface area contributed by atoms with Crippen LogP contribution >= 0.6 is 0 Å². The summed E-state index contributed by atoms with van der Waals surface area (Å²) in [5.74, 6) is -0.577. The second kappa shape index (κ2) is 11.0. The quantitative estimate of drug-likeness (QED) is 0.463. The number of rotatable bonds is 10. The zero-order valence-electron chi connectivity index (χ0n) is 17.1. The van der Waals surface area contributed by atoms with E-state index in [1.54, 1.807) is 0 Å². The number of piperidine rings is 1. The zero-order valence-corrected chi connectivity index (χ0v) is 17.1. The summed E-state index contributed by atoms with van der Waals surface area (Å²) in [4.78, 5) is 24.9. The lowest BCUT2D eigenvalue weighted by molar-refractivity contribution is -0.137. The van der Waals surface area contributed by atoms with Crippen molar-refractivity contribution in [1.29, 1.82) is 0 Å². The first-order chi connectivity index (χ1) is 13.4. The predicted octanol–water partition coefficient (Wildman–Crippen LogP) is 4.31. The number of aryl methyl sites for hydroxylation is 2. The molecule has 1 saturated heterocycles. The van der Waals surface area contributed by atoms with Crippen LogP contribution in [0.25, 0.3) is 0 Å². The van der Waals surface area contributed by atoms with Gasteiger partial charge in [-0.15, -0.1) is 0 Å². The number of likely N-dealkylation sites (tertiary alicyclic amines) is 1. The lowest BCUT2D eigenvalue weighted by Gasteiger charge is -2.34. The van der Waals surface area contributed by atoms with E-state index in [9.17, 15) is 14.7 Å². The molecular formula is C23H33NO4. The molecule has 0 aliphatic carbocycles. The van der Waals surface area contributed by atoms with E-state index in [1.807, 2.05) is 49.1 Å². The van der Waals surface area contributed by atoms with E-state index >= 15 is 0 Å². The van der Waals surface area contributed by atoms with Gasteiger partial charge in [-0.25, -0.2) is 0 Å². The normalized spacial score (nSPS) is 18.6. The molecule has 0 radical (unpaired) electrons. The summed E-state index contributed by atoms with van der Waals surface area (Å²) in [5.41, 5.74) is 3.08. The van der Waals surface area contributed by atoms with Crippen LogP contribution in [0.5, 0.6) is 0 Å². The molecule has 1 amide bonds. The van der Waals surface area contributed by atoms with Crippen molar-refractivity contribution in [3.05, 3.63) is 47.0 Å². The van der Waals surface area contributed by atoms with Crippen molar-refractivity contribution < 1.29 is 19.8 Å². The molecule has 1 fully saturated rings. The van der Waals surface area contributed by atoms with Gasteiger partial charge in [0, 0.05) is 19.4 Å². The molecule has 0 spiro atoms. The number of amides is 1. The summed E-state index contributed by atoms with van der Waals surface area (Å²) in [6, 6.07) is 6.08. The second-order valence-corrected chi connectivity index (χ2v) is 7.79. The SMILES string of the molecule is Cc1ccc(C)c(C(O)/C=C/[C@H]2CCCC(=O)N2CCCCCCC(=O)O)c1. The third kappa shape index (κ3) is 6.79. The Hall–Kier alpha value is -2.14. The molecule has 154 valence electrons. The lowest BCUT2D eigenvalue weighted by Crippen LogP contribution is -2.43. The van der Waals surface area contributed by atoms with Crippen molar-refractivity contribution in [3.8, 4) is 0 Å². The Balaban J connectivity index is 1.91. The average Bonchev–Trinajstić information content (AvgIpc) is 2.65. The molecular weight excluding hydrogens is 354 g/mol. The molecule has 0 saturated carbocycles. The summed E-state index contributed by atoms with van der Waals surface area (Å²) >= 11 is 0. The molecule has 0 aromatic heterocycles. The maximum absolute atomic E-state index is 12.4. The second-order valence-electron chi connectivity index (χ2n) is 7.79. The highest BCUT2D eigenvalue weighted by atomic mass is 16.4. The number of aliphatic hydroxyl groups excluding tert-OH is 1. The highest BCUT2D eigenvalue weighted by Gasteiger charge is 2.25. The Morgan fingerprint density at radius 1 is 1.25 bits per heavy atom. The minimum absolute atomic E-state index is 0.0278. The Morgan fingerprint density at radius 3 is 2.75 bits per heavy atom. The van der Waals surface area contributed by atoms with Gasteiger partial charge in [-0.3, -0.25) is 9.59 Å². The molecule has 5 heteroatoms. The van der Waals surface area contributed by atoms with E-state index in [2.05, 4.69) is 0 Å².